The SMILES string of the molecule is CC(C)COc1ccccc1[C@@H](N)CC(C)C. The van der Waals surface area contributed by atoms with Gasteiger partial charge >= 0.3 is 0 Å². The summed E-state index contributed by atoms with van der Waals surface area (Å²) in [5.41, 5.74) is 7.35. The highest BCUT2D eigenvalue weighted by atomic mass is 16.5. The molecule has 2 nitrogen and oxygen atoms in total. The first-order valence-electron chi connectivity index (χ1n) is 6.48. The Balaban J connectivity index is 2.76. The van der Waals surface area contributed by atoms with Crippen LogP contribution in [0.15, 0.2) is 24.3 Å². The van der Waals surface area contributed by atoms with Crippen LogP contribution in [0.5, 0.6) is 5.75 Å². The van der Waals surface area contributed by atoms with E-state index in [-0.39, 0.29) is 6.04 Å². The minimum atomic E-state index is 0.0679. The standard InChI is InChI=1S/C15H25NO/c1-11(2)9-14(16)13-7-5-6-8-15(13)17-10-12(3)4/h5-8,11-12,14H,9-10,16H2,1-4H3/t14-/m0/s1. The molecule has 1 rings (SSSR count). The number of hydrogen-bond donors (Lipinski definition) is 1. The van der Waals surface area contributed by atoms with Gasteiger partial charge in [0.15, 0.2) is 0 Å². The second-order valence-electron chi connectivity index (χ2n) is 5.48. The predicted octanol–water partition coefficient (Wildman–Crippen LogP) is 3.77. The Hall–Kier alpha value is -1.02. The molecule has 96 valence electrons. The highest BCUT2D eigenvalue weighted by Gasteiger charge is 2.13. The quantitative estimate of drug-likeness (QED) is 0.814. The van der Waals surface area contributed by atoms with E-state index in [1.54, 1.807) is 0 Å². The zero-order valence-electron chi connectivity index (χ0n) is 11.4. The van der Waals surface area contributed by atoms with E-state index in [2.05, 4.69) is 33.8 Å². The molecule has 0 saturated heterocycles. The summed E-state index contributed by atoms with van der Waals surface area (Å²) in [6, 6.07) is 8.18. The summed E-state index contributed by atoms with van der Waals surface area (Å²) in [4.78, 5) is 0. The van der Waals surface area contributed by atoms with Crippen LogP contribution in [0, 0.1) is 11.8 Å². The largest absolute Gasteiger partial charge is 0.493 e. The second-order valence-corrected chi connectivity index (χ2v) is 5.48. The maximum atomic E-state index is 6.22. The lowest BCUT2D eigenvalue weighted by Gasteiger charge is -2.19. The van der Waals surface area contributed by atoms with Crippen LogP contribution in [0.1, 0.15) is 45.7 Å². The number of hydrogen-bond acceptors (Lipinski definition) is 2. The molecule has 0 fully saturated rings. The molecule has 1 aromatic rings. The lowest BCUT2D eigenvalue weighted by atomic mass is 9.97. The van der Waals surface area contributed by atoms with Crippen LogP contribution in [-0.2, 0) is 0 Å². The van der Waals surface area contributed by atoms with Crippen LogP contribution in [-0.4, -0.2) is 6.61 Å². The minimum absolute atomic E-state index is 0.0679. The van der Waals surface area contributed by atoms with Gasteiger partial charge in [0.2, 0.25) is 0 Å². The number of rotatable bonds is 6. The third-order valence-electron chi connectivity index (χ3n) is 2.62. The van der Waals surface area contributed by atoms with Gasteiger partial charge in [-0.05, 0) is 24.3 Å². The summed E-state index contributed by atoms with van der Waals surface area (Å²) in [6.45, 7) is 9.42. The Bertz CT molecular complexity index is 333. The molecule has 2 N–H and O–H groups in total. The van der Waals surface area contributed by atoms with Gasteiger partial charge in [-0.15, -0.1) is 0 Å². The summed E-state index contributed by atoms with van der Waals surface area (Å²) in [6.07, 6.45) is 0.988. The van der Waals surface area contributed by atoms with E-state index < -0.39 is 0 Å². The van der Waals surface area contributed by atoms with E-state index in [9.17, 15) is 0 Å². The minimum Gasteiger partial charge on any atom is -0.493 e. The smallest absolute Gasteiger partial charge is 0.124 e. The lowest BCUT2D eigenvalue weighted by molar-refractivity contribution is 0.266. The van der Waals surface area contributed by atoms with Gasteiger partial charge < -0.3 is 10.5 Å². The highest BCUT2D eigenvalue weighted by Crippen LogP contribution is 2.27. The topological polar surface area (TPSA) is 35.2 Å². The molecule has 0 amide bonds. The van der Waals surface area contributed by atoms with Crippen molar-refractivity contribution in [3.05, 3.63) is 29.8 Å². The molecule has 0 aromatic heterocycles. The first kappa shape index (κ1) is 14.0. The Morgan fingerprint density at radius 2 is 1.71 bits per heavy atom. The van der Waals surface area contributed by atoms with E-state index in [4.69, 9.17) is 10.5 Å². The first-order chi connectivity index (χ1) is 8.00. The van der Waals surface area contributed by atoms with Crippen molar-refractivity contribution >= 4 is 0 Å². The summed E-state index contributed by atoms with van der Waals surface area (Å²) in [7, 11) is 0. The van der Waals surface area contributed by atoms with E-state index in [1.165, 1.54) is 0 Å². The van der Waals surface area contributed by atoms with E-state index >= 15 is 0 Å². The number of para-hydroxylation sites is 1. The molecule has 2 heteroatoms. The fourth-order valence-corrected chi connectivity index (χ4v) is 1.81. The van der Waals surface area contributed by atoms with E-state index in [0.717, 1.165) is 24.3 Å². The molecule has 0 radical (unpaired) electrons. The van der Waals surface area contributed by atoms with Crippen molar-refractivity contribution in [1.82, 2.24) is 0 Å². The Kier molecular flexibility index (Phi) is 5.49. The molecule has 0 heterocycles. The molecular weight excluding hydrogens is 210 g/mol. The van der Waals surface area contributed by atoms with Crippen molar-refractivity contribution in [1.29, 1.82) is 0 Å². The molecule has 0 aliphatic heterocycles. The number of nitrogens with two attached hydrogens (primary N) is 1. The summed E-state index contributed by atoms with van der Waals surface area (Å²) in [5, 5.41) is 0. The van der Waals surface area contributed by atoms with Gasteiger partial charge in [0.05, 0.1) is 6.61 Å². The van der Waals surface area contributed by atoms with Gasteiger partial charge in [-0.1, -0.05) is 45.9 Å². The van der Waals surface area contributed by atoms with Crippen LogP contribution in [0.25, 0.3) is 0 Å². The van der Waals surface area contributed by atoms with Crippen molar-refractivity contribution in [3.8, 4) is 5.75 Å². The Morgan fingerprint density at radius 3 is 2.29 bits per heavy atom. The van der Waals surface area contributed by atoms with Crippen molar-refractivity contribution in [2.75, 3.05) is 6.61 Å². The molecule has 1 aromatic carbocycles. The van der Waals surface area contributed by atoms with Gasteiger partial charge in [0.25, 0.3) is 0 Å². The molecule has 0 bridgehead atoms. The number of benzene rings is 1. The van der Waals surface area contributed by atoms with Gasteiger partial charge in [0, 0.05) is 11.6 Å². The normalized spacial score (nSPS) is 13.1. The average Bonchev–Trinajstić information content (AvgIpc) is 2.25. The van der Waals surface area contributed by atoms with Gasteiger partial charge in [-0.3, -0.25) is 0 Å². The zero-order chi connectivity index (χ0) is 12.8. The molecule has 0 spiro atoms. The van der Waals surface area contributed by atoms with E-state index in [1.807, 2.05) is 18.2 Å². The first-order valence-corrected chi connectivity index (χ1v) is 6.48. The van der Waals surface area contributed by atoms with Crippen molar-refractivity contribution in [3.63, 3.8) is 0 Å². The van der Waals surface area contributed by atoms with Crippen molar-refractivity contribution in [2.24, 2.45) is 17.6 Å². The van der Waals surface area contributed by atoms with Crippen LogP contribution in [0.4, 0.5) is 0 Å². The monoisotopic (exact) mass is 235 g/mol. The fourth-order valence-electron chi connectivity index (χ4n) is 1.81. The van der Waals surface area contributed by atoms with Gasteiger partial charge in [0.1, 0.15) is 5.75 Å². The van der Waals surface area contributed by atoms with Gasteiger partial charge in [-0.2, -0.15) is 0 Å². The lowest BCUT2D eigenvalue weighted by Crippen LogP contribution is -2.15. The Morgan fingerprint density at radius 1 is 1.06 bits per heavy atom. The van der Waals surface area contributed by atoms with Crippen LogP contribution < -0.4 is 10.5 Å². The third kappa shape index (κ3) is 4.78. The van der Waals surface area contributed by atoms with Crippen LogP contribution in [0.3, 0.4) is 0 Å². The molecule has 0 saturated carbocycles. The van der Waals surface area contributed by atoms with Crippen molar-refractivity contribution in [2.45, 2.75) is 40.2 Å². The summed E-state index contributed by atoms with van der Waals surface area (Å²) >= 11 is 0. The Labute approximate surface area is 105 Å². The fraction of sp³-hybridized carbons (Fsp3) is 0.600. The molecular formula is C15H25NO. The molecule has 0 aliphatic rings. The molecule has 0 unspecified atom stereocenters. The summed E-state index contributed by atoms with van der Waals surface area (Å²) in [5.74, 6) is 2.07. The van der Waals surface area contributed by atoms with Crippen LogP contribution in [0.2, 0.25) is 0 Å². The third-order valence-corrected chi connectivity index (χ3v) is 2.62. The maximum absolute atomic E-state index is 6.22. The summed E-state index contributed by atoms with van der Waals surface area (Å²) < 4.78 is 5.82. The van der Waals surface area contributed by atoms with Crippen molar-refractivity contribution < 1.29 is 4.74 Å². The molecule has 17 heavy (non-hydrogen) atoms. The maximum Gasteiger partial charge on any atom is 0.124 e. The van der Waals surface area contributed by atoms with E-state index in [0.29, 0.717) is 11.8 Å². The molecule has 1 atom stereocenters. The average molecular weight is 235 g/mol. The predicted molar refractivity (Wildman–Crippen MR) is 73.2 cm³/mol. The highest BCUT2D eigenvalue weighted by molar-refractivity contribution is 5.35. The van der Waals surface area contributed by atoms with Crippen LogP contribution >= 0.6 is 0 Å². The van der Waals surface area contributed by atoms with Gasteiger partial charge in [-0.25, -0.2) is 0 Å². The second kappa shape index (κ2) is 6.65. The zero-order valence-corrected chi connectivity index (χ0v) is 11.4. The molecule has 0 aliphatic carbocycles. The number of ether oxygens (including phenoxy) is 1.